The number of oxazole rings is 1. The fourth-order valence-corrected chi connectivity index (χ4v) is 3.82. The molecule has 8 heteroatoms. The van der Waals surface area contributed by atoms with Crippen LogP contribution in [0.1, 0.15) is 27.1 Å². The number of rotatable bonds is 5. The SMILES string of the molecule is O=C(CCN1C(=O)c2ccccc2C1=O)Nc1ccc2oc(-c3cccc(Cl)c3)nc2c1. The highest BCUT2D eigenvalue weighted by Crippen LogP contribution is 2.28. The minimum Gasteiger partial charge on any atom is -0.436 e. The molecule has 0 aliphatic carbocycles. The number of carbonyl (C=O) groups is 3. The van der Waals surface area contributed by atoms with Crippen molar-refractivity contribution in [3.63, 3.8) is 0 Å². The number of aromatic nitrogens is 1. The number of amides is 3. The van der Waals surface area contributed by atoms with Crippen LogP contribution in [-0.2, 0) is 4.79 Å². The number of hydrogen-bond donors (Lipinski definition) is 1. The van der Waals surface area contributed by atoms with Crippen molar-refractivity contribution in [1.29, 1.82) is 0 Å². The zero-order valence-corrected chi connectivity index (χ0v) is 17.4. The van der Waals surface area contributed by atoms with Gasteiger partial charge < -0.3 is 9.73 Å². The van der Waals surface area contributed by atoms with Crippen molar-refractivity contribution in [2.75, 3.05) is 11.9 Å². The smallest absolute Gasteiger partial charge is 0.261 e. The molecule has 0 bridgehead atoms. The normalized spacial score (nSPS) is 13.0. The van der Waals surface area contributed by atoms with Crippen molar-refractivity contribution < 1.29 is 18.8 Å². The van der Waals surface area contributed by atoms with E-state index in [1.54, 1.807) is 54.6 Å². The van der Waals surface area contributed by atoms with Crippen LogP contribution < -0.4 is 5.32 Å². The summed E-state index contributed by atoms with van der Waals surface area (Å²) in [7, 11) is 0. The van der Waals surface area contributed by atoms with Crippen molar-refractivity contribution in [3.05, 3.63) is 82.9 Å². The molecule has 0 fully saturated rings. The van der Waals surface area contributed by atoms with E-state index >= 15 is 0 Å². The molecule has 0 saturated carbocycles. The molecule has 0 atom stereocenters. The van der Waals surface area contributed by atoms with E-state index in [4.69, 9.17) is 16.0 Å². The Balaban J connectivity index is 1.26. The summed E-state index contributed by atoms with van der Waals surface area (Å²) in [6.45, 7) is 0.00327. The highest BCUT2D eigenvalue weighted by Gasteiger charge is 2.34. The van der Waals surface area contributed by atoms with E-state index < -0.39 is 0 Å². The van der Waals surface area contributed by atoms with Gasteiger partial charge in [0.05, 0.1) is 11.1 Å². The molecule has 4 aromatic rings. The summed E-state index contributed by atoms with van der Waals surface area (Å²) in [4.78, 5) is 42.8. The van der Waals surface area contributed by atoms with Crippen LogP contribution in [0.3, 0.4) is 0 Å². The molecule has 0 radical (unpaired) electrons. The number of anilines is 1. The van der Waals surface area contributed by atoms with Gasteiger partial charge in [0.25, 0.3) is 11.8 Å². The molecule has 0 spiro atoms. The summed E-state index contributed by atoms with van der Waals surface area (Å²) in [5.41, 5.74) is 3.17. The quantitative estimate of drug-likeness (QED) is 0.446. The molecular formula is C24H16ClN3O4. The average Bonchev–Trinajstić information content (AvgIpc) is 3.32. The molecule has 3 amide bonds. The molecule has 1 aromatic heterocycles. The van der Waals surface area contributed by atoms with Gasteiger partial charge in [0.15, 0.2) is 5.58 Å². The van der Waals surface area contributed by atoms with Gasteiger partial charge in [0.1, 0.15) is 5.52 Å². The van der Waals surface area contributed by atoms with Crippen LogP contribution in [0.2, 0.25) is 5.02 Å². The number of hydrogen-bond acceptors (Lipinski definition) is 5. The molecule has 1 aliphatic rings. The van der Waals surface area contributed by atoms with E-state index in [2.05, 4.69) is 10.3 Å². The lowest BCUT2D eigenvalue weighted by molar-refractivity contribution is -0.116. The van der Waals surface area contributed by atoms with Gasteiger partial charge in [-0.2, -0.15) is 0 Å². The second-order valence-corrected chi connectivity index (χ2v) is 7.75. The highest BCUT2D eigenvalue weighted by molar-refractivity contribution is 6.30. The molecule has 32 heavy (non-hydrogen) atoms. The Labute approximate surface area is 187 Å². The molecule has 1 N–H and O–H groups in total. The summed E-state index contributed by atoms with van der Waals surface area (Å²) in [5, 5.41) is 3.36. The van der Waals surface area contributed by atoms with Crippen molar-refractivity contribution in [2.24, 2.45) is 0 Å². The van der Waals surface area contributed by atoms with Gasteiger partial charge in [-0.05, 0) is 48.5 Å². The van der Waals surface area contributed by atoms with Crippen LogP contribution in [0, 0.1) is 0 Å². The zero-order chi connectivity index (χ0) is 22.2. The Bertz CT molecular complexity index is 1360. The highest BCUT2D eigenvalue weighted by atomic mass is 35.5. The fraction of sp³-hybridized carbons (Fsp3) is 0.0833. The van der Waals surface area contributed by atoms with Gasteiger partial charge in [-0.15, -0.1) is 0 Å². The van der Waals surface area contributed by atoms with Crippen LogP contribution in [0.25, 0.3) is 22.6 Å². The van der Waals surface area contributed by atoms with E-state index in [9.17, 15) is 14.4 Å². The third-order valence-electron chi connectivity index (χ3n) is 5.18. The summed E-state index contributed by atoms with van der Waals surface area (Å²) in [6, 6.07) is 18.9. The Kier molecular flexibility index (Phi) is 4.95. The molecular weight excluding hydrogens is 430 g/mol. The van der Waals surface area contributed by atoms with Gasteiger partial charge in [-0.25, -0.2) is 4.98 Å². The van der Waals surface area contributed by atoms with E-state index in [1.807, 2.05) is 12.1 Å². The molecule has 5 rings (SSSR count). The lowest BCUT2D eigenvalue weighted by atomic mass is 10.1. The van der Waals surface area contributed by atoms with Crippen molar-refractivity contribution in [2.45, 2.75) is 6.42 Å². The van der Waals surface area contributed by atoms with Crippen LogP contribution in [0.15, 0.2) is 71.1 Å². The topological polar surface area (TPSA) is 92.5 Å². The monoisotopic (exact) mass is 445 g/mol. The van der Waals surface area contributed by atoms with Crippen LogP contribution in [0.5, 0.6) is 0 Å². The minimum absolute atomic E-state index is 0.00327. The number of fused-ring (bicyclic) bond motifs is 2. The van der Waals surface area contributed by atoms with Gasteiger partial charge in [-0.3, -0.25) is 19.3 Å². The minimum atomic E-state index is -0.379. The van der Waals surface area contributed by atoms with E-state index in [-0.39, 0.29) is 30.7 Å². The van der Waals surface area contributed by atoms with E-state index in [0.717, 1.165) is 10.5 Å². The van der Waals surface area contributed by atoms with E-state index in [1.165, 1.54) is 0 Å². The predicted molar refractivity (Wildman–Crippen MR) is 120 cm³/mol. The Morgan fingerprint density at radius 2 is 1.72 bits per heavy atom. The number of imide groups is 1. The molecule has 158 valence electrons. The number of benzene rings is 3. The second-order valence-electron chi connectivity index (χ2n) is 7.32. The summed E-state index contributed by atoms with van der Waals surface area (Å²) < 4.78 is 5.77. The summed E-state index contributed by atoms with van der Waals surface area (Å²) >= 11 is 6.03. The zero-order valence-electron chi connectivity index (χ0n) is 16.7. The molecule has 7 nitrogen and oxygen atoms in total. The number of nitrogens with one attached hydrogen (secondary N) is 1. The molecule has 1 aliphatic heterocycles. The Hall–Kier alpha value is -3.97. The maximum Gasteiger partial charge on any atom is 0.261 e. The summed E-state index contributed by atoms with van der Waals surface area (Å²) in [6.07, 6.45) is -0.0178. The van der Waals surface area contributed by atoms with Gasteiger partial charge in [0, 0.05) is 29.2 Å². The largest absolute Gasteiger partial charge is 0.436 e. The van der Waals surface area contributed by atoms with Crippen molar-refractivity contribution in [1.82, 2.24) is 9.88 Å². The first kappa shape index (κ1) is 20.0. The maximum atomic E-state index is 12.4. The first-order chi connectivity index (χ1) is 15.5. The fourth-order valence-electron chi connectivity index (χ4n) is 3.63. The van der Waals surface area contributed by atoms with E-state index in [0.29, 0.717) is 38.8 Å². The lowest BCUT2D eigenvalue weighted by Crippen LogP contribution is -2.32. The first-order valence-corrected chi connectivity index (χ1v) is 10.3. The van der Waals surface area contributed by atoms with Crippen molar-refractivity contribution in [3.8, 4) is 11.5 Å². The van der Waals surface area contributed by atoms with Gasteiger partial charge in [-0.1, -0.05) is 29.8 Å². The summed E-state index contributed by atoms with van der Waals surface area (Å²) in [5.74, 6) is -0.650. The van der Waals surface area contributed by atoms with Crippen LogP contribution in [0.4, 0.5) is 5.69 Å². The van der Waals surface area contributed by atoms with Crippen LogP contribution >= 0.6 is 11.6 Å². The number of carbonyl (C=O) groups excluding carboxylic acids is 3. The second kappa shape index (κ2) is 7.94. The lowest BCUT2D eigenvalue weighted by Gasteiger charge is -2.13. The third-order valence-corrected chi connectivity index (χ3v) is 5.42. The van der Waals surface area contributed by atoms with Gasteiger partial charge >= 0.3 is 0 Å². The Morgan fingerprint density at radius 1 is 0.969 bits per heavy atom. The molecule has 3 aromatic carbocycles. The van der Waals surface area contributed by atoms with Crippen molar-refractivity contribution >= 4 is 46.1 Å². The molecule has 2 heterocycles. The first-order valence-electron chi connectivity index (χ1n) is 9.91. The standard InChI is InChI=1S/C24H16ClN3O4/c25-15-5-3-4-14(12-15)22-27-19-13-16(8-9-20(19)32-22)26-21(29)10-11-28-23(30)17-6-1-2-7-18(17)24(28)31/h1-9,12-13H,10-11H2,(H,26,29). The maximum absolute atomic E-state index is 12.4. The average molecular weight is 446 g/mol. The molecule has 0 saturated heterocycles. The number of halogens is 1. The van der Waals surface area contributed by atoms with Gasteiger partial charge in [0.2, 0.25) is 11.8 Å². The molecule has 0 unspecified atom stereocenters. The third kappa shape index (κ3) is 3.63. The Morgan fingerprint density at radius 3 is 2.44 bits per heavy atom. The predicted octanol–water partition coefficient (Wildman–Crippen LogP) is 4.77. The number of nitrogens with zero attached hydrogens (tertiary/aromatic N) is 2. The van der Waals surface area contributed by atoms with Crippen LogP contribution in [-0.4, -0.2) is 34.2 Å².